The van der Waals surface area contributed by atoms with Crippen molar-refractivity contribution >= 4 is 18.1 Å². The number of nitrogens with one attached hydrogen (secondary N) is 1. The van der Waals surface area contributed by atoms with Crippen LogP contribution >= 0.6 is 0 Å². The smallest absolute Gasteiger partial charge is 0.411 e. The predicted molar refractivity (Wildman–Crippen MR) is 56.3 cm³/mol. The topological polar surface area (TPSA) is 66.4 Å². The third-order valence-corrected chi connectivity index (χ3v) is 1.76. The zero-order chi connectivity index (χ0) is 11.3. The van der Waals surface area contributed by atoms with Crippen LogP contribution in [0, 0.1) is 0 Å². The normalized spacial score (nSPS) is 10.9. The molecule has 0 heterocycles. The van der Waals surface area contributed by atoms with Crippen LogP contribution in [-0.4, -0.2) is 17.1 Å². The standard InChI is InChI=1S/C11H11NO3/c1-8(10(13)12-11(14)15)7-9-5-3-2-4-6-9/h2-7H,1H3,(H,12,13)(H,14,15). The van der Waals surface area contributed by atoms with Gasteiger partial charge in [-0.3, -0.25) is 10.1 Å². The van der Waals surface area contributed by atoms with Crippen LogP contribution in [-0.2, 0) is 4.79 Å². The number of hydrogen-bond donors (Lipinski definition) is 2. The van der Waals surface area contributed by atoms with Crippen LogP contribution in [0.1, 0.15) is 12.5 Å². The van der Waals surface area contributed by atoms with Gasteiger partial charge in [-0.25, -0.2) is 4.79 Å². The van der Waals surface area contributed by atoms with Crippen molar-refractivity contribution in [3.05, 3.63) is 41.5 Å². The van der Waals surface area contributed by atoms with Gasteiger partial charge in [-0.15, -0.1) is 0 Å². The molecule has 2 N–H and O–H groups in total. The fourth-order valence-electron chi connectivity index (χ4n) is 1.06. The number of carboxylic acid groups (broad SMARTS) is 1. The zero-order valence-corrected chi connectivity index (χ0v) is 8.23. The lowest BCUT2D eigenvalue weighted by atomic mass is 10.1. The van der Waals surface area contributed by atoms with E-state index in [1.54, 1.807) is 18.3 Å². The van der Waals surface area contributed by atoms with Crippen LogP contribution in [0.5, 0.6) is 0 Å². The van der Waals surface area contributed by atoms with Crippen LogP contribution in [0.2, 0.25) is 0 Å². The van der Waals surface area contributed by atoms with Crippen molar-refractivity contribution in [2.75, 3.05) is 0 Å². The monoisotopic (exact) mass is 205 g/mol. The molecule has 0 saturated heterocycles. The van der Waals surface area contributed by atoms with E-state index in [2.05, 4.69) is 0 Å². The summed E-state index contributed by atoms with van der Waals surface area (Å²) in [5.41, 5.74) is 1.21. The van der Waals surface area contributed by atoms with E-state index < -0.39 is 12.0 Å². The van der Waals surface area contributed by atoms with Crippen LogP contribution < -0.4 is 5.32 Å². The van der Waals surface area contributed by atoms with Gasteiger partial charge in [0.1, 0.15) is 0 Å². The number of carbonyl (C=O) groups is 2. The molecular formula is C11H11NO3. The van der Waals surface area contributed by atoms with Crippen molar-refractivity contribution in [3.8, 4) is 0 Å². The fourth-order valence-corrected chi connectivity index (χ4v) is 1.06. The van der Waals surface area contributed by atoms with Gasteiger partial charge in [-0.2, -0.15) is 0 Å². The highest BCUT2D eigenvalue weighted by molar-refractivity contribution is 6.04. The Morgan fingerprint density at radius 3 is 2.40 bits per heavy atom. The minimum Gasteiger partial charge on any atom is -0.465 e. The maximum atomic E-state index is 11.2. The van der Waals surface area contributed by atoms with E-state index in [0.29, 0.717) is 5.57 Å². The average molecular weight is 205 g/mol. The first kappa shape index (κ1) is 11.0. The summed E-state index contributed by atoms with van der Waals surface area (Å²) >= 11 is 0. The van der Waals surface area contributed by atoms with Gasteiger partial charge < -0.3 is 5.11 Å². The van der Waals surface area contributed by atoms with Gasteiger partial charge in [0.15, 0.2) is 0 Å². The minimum atomic E-state index is -1.35. The molecule has 0 aliphatic carbocycles. The highest BCUT2D eigenvalue weighted by atomic mass is 16.4. The van der Waals surface area contributed by atoms with Gasteiger partial charge >= 0.3 is 6.09 Å². The van der Waals surface area contributed by atoms with E-state index >= 15 is 0 Å². The molecule has 78 valence electrons. The lowest BCUT2D eigenvalue weighted by molar-refractivity contribution is -0.116. The van der Waals surface area contributed by atoms with Crippen LogP contribution in [0.25, 0.3) is 6.08 Å². The Labute approximate surface area is 87.2 Å². The molecule has 0 spiro atoms. The van der Waals surface area contributed by atoms with E-state index in [-0.39, 0.29) is 0 Å². The summed E-state index contributed by atoms with van der Waals surface area (Å²) in [5.74, 6) is -0.605. The molecule has 4 heteroatoms. The fraction of sp³-hybridized carbons (Fsp3) is 0.0909. The molecule has 0 fully saturated rings. The summed E-state index contributed by atoms with van der Waals surface area (Å²) < 4.78 is 0. The van der Waals surface area contributed by atoms with Gasteiger partial charge in [-0.05, 0) is 18.6 Å². The summed E-state index contributed by atoms with van der Waals surface area (Å²) in [5, 5.41) is 10.1. The van der Waals surface area contributed by atoms with Gasteiger partial charge in [0, 0.05) is 5.57 Å². The van der Waals surface area contributed by atoms with Crippen molar-refractivity contribution in [1.82, 2.24) is 5.32 Å². The van der Waals surface area contributed by atoms with Crippen molar-refractivity contribution in [2.45, 2.75) is 6.92 Å². The molecule has 1 rings (SSSR count). The molecule has 0 unspecified atom stereocenters. The summed E-state index contributed by atoms with van der Waals surface area (Å²) in [7, 11) is 0. The molecule has 0 aromatic heterocycles. The second-order valence-electron chi connectivity index (χ2n) is 3.00. The van der Waals surface area contributed by atoms with Crippen LogP contribution in [0.15, 0.2) is 35.9 Å². The number of rotatable bonds is 2. The first-order chi connectivity index (χ1) is 7.09. The highest BCUT2D eigenvalue weighted by Crippen LogP contribution is 2.05. The third-order valence-electron chi connectivity index (χ3n) is 1.76. The molecule has 0 bridgehead atoms. The molecule has 4 nitrogen and oxygen atoms in total. The second-order valence-corrected chi connectivity index (χ2v) is 3.00. The van der Waals surface area contributed by atoms with E-state index in [9.17, 15) is 9.59 Å². The van der Waals surface area contributed by atoms with E-state index in [4.69, 9.17) is 5.11 Å². The third kappa shape index (κ3) is 3.64. The SMILES string of the molecule is CC(=Cc1ccccc1)C(=O)NC(=O)O. The number of imide groups is 1. The maximum Gasteiger partial charge on any atom is 0.411 e. The van der Waals surface area contributed by atoms with Crippen LogP contribution in [0.3, 0.4) is 0 Å². The van der Waals surface area contributed by atoms with E-state index in [0.717, 1.165) is 5.56 Å². The Kier molecular flexibility index (Phi) is 3.62. The number of carbonyl (C=O) groups excluding carboxylic acids is 1. The summed E-state index contributed by atoms with van der Waals surface area (Å²) in [6, 6.07) is 9.21. The number of benzene rings is 1. The molecule has 0 saturated carbocycles. The minimum absolute atomic E-state index is 0.351. The van der Waals surface area contributed by atoms with E-state index in [1.165, 1.54) is 0 Å². The molecule has 0 atom stereocenters. The summed E-state index contributed by atoms with van der Waals surface area (Å²) in [4.78, 5) is 21.4. The highest BCUT2D eigenvalue weighted by Gasteiger charge is 2.06. The lowest BCUT2D eigenvalue weighted by Gasteiger charge is -1.99. The number of amides is 2. The molecule has 0 radical (unpaired) electrons. The van der Waals surface area contributed by atoms with Gasteiger partial charge in [0.05, 0.1) is 0 Å². The van der Waals surface area contributed by atoms with E-state index in [1.807, 2.05) is 30.3 Å². The summed E-state index contributed by atoms with van der Waals surface area (Å²) in [6.07, 6.45) is 0.277. The van der Waals surface area contributed by atoms with Crippen molar-refractivity contribution < 1.29 is 14.7 Å². The van der Waals surface area contributed by atoms with Crippen molar-refractivity contribution in [1.29, 1.82) is 0 Å². The quantitative estimate of drug-likeness (QED) is 0.724. The molecular weight excluding hydrogens is 194 g/mol. The number of hydrogen-bond acceptors (Lipinski definition) is 2. The molecule has 1 aromatic carbocycles. The Morgan fingerprint density at radius 1 is 1.27 bits per heavy atom. The molecule has 1 aromatic rings. The molecule has 0 aliphatic heterocycles. The second kappa shape index (κ2) is 4.95. The largest absolute Gasteiger partial charge is 0.465 e. The maximum absolute atomic E-state index is 11.2. The molecule has 15 heavy (non-hydrogen) atoms. The van der Waals surface area contributed by atoms with Gasteiger partial charge in [-0.1, -0.05) is 30.3 Å². The first-order valence-electron chi connectivity index (χ1n) is 4.37. The zero-order valence-electron chi connectivity index (χ0n) is 8.23. The Bertz CT molecular complexity index is 396. The molecule has 2 amide bonds. The van der Waals surface area contributed by atoms with Gasteiger partial charge in [0.2, 0.25) is 0 Å². The van der Waals surface area contributed by atoms with Gasteiger partial charge in [0.25, 0.3) is 5.91 Å². The Balaban J connectivity index is 2.76. The predicted octanol–water partition coefficient (Wildman–Crippen LogP) is 1.88. The lowest BCUT2D eigenvalue weighted by Crippen LogP contribution is -2.29. The molecule has 0 aliphatic rings. The first-order valence-corrected chi connectivity index (χ1v) is 4.37. The Morgan fingerprint density at radius 2 is 1.87 bits per heavy atom. The average Bonchev–Trinajstić information content (AvgIpc) is 2.18. The summed E-state index contributed by atoms with van der Waals surface area (Å²) in [6.45, 7) is 1.56. The Hall–Kier alpha value is -2.10. The van der Waals surface area contributed by atoms with Crippen molar-refractivity contribution in [3.63, 3.8) is 0 Å². The van der Waals surface area contributed by atoms with Crippen molar-refractivity contribution in [2.24, 2.45) is 0 Å². The van der Waals surface area contributed by atoms with Crippen LogP contribution in [0.4, 0.5) is 4.79 Å².